The summed E-state index contributed by atoms with van der Waals surface area (Å²) in [6.45, 7) is 6.28. The van der Waals surface area contributed by atoms with Crippen molar-refractivity contribution in [1.29, 1.82) is 0 Å². The fourth-order valence-corrected chi connectivity index (χ4v) is 3.22. The summed E-state index contributed by atoms with van der Waals surface area (Å²) in [5, 5.41) is 3.48. The monoisotopic (exact) mass is 356 g/mol. The van der Waals surface area contributed by atoms with E-state index in [2.05, 4.69) is 5.32 Å². The lowest BCUT2D eigenvalue weighted by atomic mass is 10.1. The van der Waals surface area contributed by atoms with Gasteiger partial charge in [-0.05, 0) is 55.7 Å². The van der Waals surface area contributed by atoms with Crippen molar-refractivity contribution in [2.75, 3.05) is 16.8 Å². The molecule has 0 bridgehead atoms. The molecule has 25 heavy (non-hydrogen) atoms. The van der Waals surface area contributed by atoms with E-state index in [9.17, 15) is 9.59 Å². The third kappa shape index (κ3) is 3.69. The zero-order chi connectivity index (χ0) is 18.1. The number of hydrogen-bond donors (Lipinski definition) is 1. The maximum absolute atomic E-state index is 12.6. The molecule has 0 saturated carbocycles. The average molecular weight is 357 g/mol. The first-order valence-electron chi connectivity index (χ1n) is 8.30. The number of amides is 2. The number of aryl methyl sites for hydroxylation is 3. The Morgan fingerprint density at radius 1 is 1.12 bits per heavy atom. The van der Waals surface area contributed by atoms with E-state index in [1.165, 1.54) is 0 Å². The number of carbonyl (C=O) groups is 2. The molecule has 130 valence electrons. The van der Waals surface area contributed by atoms with Gasteiger partial charge in [-0.3, -0.25) is 9.59 Å². The van der Waals surface area contributed by atoms with Crippen LogP contribution in [0.4, 0.5) is 11.4 Å². The van der Waals surface area contributed by atoms with Gasteiger partial charge < -0.3 is 10.2 Å². The molecule has 1 heterocycles. The third-order valence-electron chi connectivity index (χ3n) is 4.59. The Balaban J connectivity index is 1.74. The molecule has 1 atom stereocenters. The van der Waals surface area contributed by atoms with E-state index in [0.717, 1.165) is 22.4 Å². The van der Waals surface area contributed by atoms with Crippen LogP contribution in [0.3, 0.4) is 0 Å². The molecule has 1 aliphatic rings. The molecule has 0 aliphatic carbocycles. The zero-order valence-corrected chi connectivity index (χ0v) is 15.4. The van der Waals surface area contributed by atoms with E-state index in [1.54, 1.807) is 11.0 Å². The van der Waals surface area contributed by atoms with Crippen molar-refractivity contribution < 1.29 is 9.59 Å². The van der Waals surface area contributed by atoms with Gasteiger partial charge in [-0.1, -0.05) is 29.8 Å². The molecule has 2 amide bonds. The van der Waals surface area contributed by atoms with E-state index >= 15 is 0 Å². The van der Waals surface area contributed by atoms with Gasteiger partial charge in [-0.2, -0.15) is 0 Å². The first-order chi connectivity index (χ1) is 11.8. The normalized spacial score (nSPS) is 17.0. The summed E-state index contributed by atoms with van der Waals surface area (Å²) in [4.78, 5) is 26.7. The molecular weight excluding hydrogens is 336 g/mol. The van der Waals surface area contributed by atoms with Gasteiger partial charge >= 0.3 is 0 Å². The molecule has 1 saturated heterocycles. The van der Waals surface area contributed by atoms with Gasteiger partial charge in [0.15, 0.2) is 0 Å². The SMILES string of the molecule is Cc1ccc(C)c(N2CC(C(=O)Nc3ccc(C)c(Cl)c3)CC2=O)c1. The van der Waals surface area contributed by atoms with Gasteiger partial charge in [0, 0.05) is 29.4 Å². The van der Waals surface area contributed by atoms with E-state index in [4.69, 9.17) is 11.6 Å². The van der Waals surface area contributed by atoms with Crippen molar-refractivity contribution in [3.63, 3.8) is 0 Å². The predicted octanol–water partition coefficient (Wildman–Crippen LogP) is 4.26. The van der Waals surface area contributed by atoms with Crippen LogP contribution in [0.1, 0.15) is 23.1 Å². The zero-order valence-electron chi connectivity index (χ0n) is 14.6. The summed E-state index contributed by atoms with van der Waals surface area (Å²) in [7, 11) is 0. The van der Waals surface area contributed by atoms with Crippen LogP contribution in [0.25, 0.3) is 0 Å². The summed E-state index contributed by atoms with van der Waals surface area (Å²) < 4.78 is 0. The summed E-state index contributed by atoms with van der Waals surface area (Å²) in [6, 6.07) is 11.4. The number of nitrogens with one attached hydrogen (secondary N) is 1. The van der Waals surface area contributed by atoms with Crippen LogP contribution in [-0.2, 0) is 9.59 Å². The Labute approximate surface area is 152 Å². The molecule has 2 aromatic carbocycles. The molecule has 1 fully saturated rings. The number of rotatable bonds is 3. The van der Waals surface area contributed by atoms with Crippen LogP contribution >= 0.6 is 11.6 Å². The second-order valence-electron chi connectivity index (χ2n) is 6.65. The van der Waals surface area contributed by atoms with Crippen molar-refractivity contribution in [3.8, 4) is 0 Å². The average Bonchev–Trinajstić information content (AvgIpc) is 2.95. The molecule has 5 heteroatoms. The molecule has 1 N–H and O–H groups in total. The summed E-state index contributed by atoms with van der Waals surface area (Å²) in [5.74, 6) is -0.538. The van der Waals surface area contributed by atoms with Gasteiger partial charge in [0.1, 0.15) is 0 Å². The standard InChI is InChI=1S/C20H21ClN2O2/c1-12-4-5-14(3)18(8-12)23-11-15(9-19(23)24)20(25)22-16-7-6-13(2)17(21)10-16/h4-8,10,15H,9,11H2,1-3H3,(H,22,25). The maximum atomic E-state index is 12.6. The predicted molar refractivity (Wildman–Crippen MR) is 101 cm³/mol. The summed E-state index contributed by atoms with van der Waals surface area (Å²) in [6.07, 6.45) is 0.221. The highest BCUT2D eigenvalue weighted by Crippen LogP contribution is 2.29. The van der Waals surface area contributed by atoms with Crippen LogP contribution in [-0.4, -0.2) is 18.4 Å². The number of benzene rings is 2. The maximum Gasteiger partial charge on any atom is 0.229 e. The molecule has 0 spiro atoms. The van der Waals surface area contributed by atoms with Crippen molar-refractivity contribution in [2.24, 2.45) is 5.92 Å². The van der Waals surface area contributed by atoms with Crippen LogP contribution in [0.2, 0.25) is 5.02 Å². The number of anilines is 2. The Hall–Kier alpha value is -2.33. The summed E-state index contributed by atoms with van der Waals surface area (Å²) >= 11 is 6.10. The molecule has 3 rings (SSSR count). The van der Waals surface area contributed by atoms with E-state index < -0.39 is 0 Å². The molecule has 0 radical (unpaired) electrons. The second kappa shape index (κ2) is 6.89. The van der Waals surface area contributed by atoms with Gasteiger partial charge in [-0.25, -0.2) is 0 Å². The lowest BCUT2D eigenvalue weighted by molar-refractivity contribution is -0.122. The largest absolute Gasteiger partial charge is 0.326 e. The molecule has 4 nitrogen and oxygen atoms in total. The van der Waals surface area contributed by atoms with Crippen LogP contribution < -0.4 is 10.2 Å². The van der Waals surface area contributed by atoms with Gasteiger partial charge in [0.05, 0.1) is 5.92 Å². The van der Waals surface area contributed by atoms with E-state index in [1.807, 2.05) is 51.1 Å². The van der Waals surface area contributed by atoms with Crippen molar-refractivity contribution in [2.45, 2.75) is 27.2 Å². The highest BCUT2D eigenvalue weighted by molar-refractivity contribution is 6.31. The van der Waals surface area contributed by atoms with Gasteiger partial charge in [-0.15, -0.1) is 0 Å². The van der Waals surface area contributed by atoms with E-state index in [0.29, 0.717) is 17.3 Å². The van der Waals surface area contributed by atoms with Gasteiger partial charge in [0.2, 0.25) is 11.8 Å². The fourth-order valence-electron chi connectivity index (χ4n) is 3.04. The smallest absolute Gasteiger partial charge is 0.229 e. The number of halogens is 1. The molecule has 2 aromatic rings. The minimum absolute atomic E-state index is 0.0178. The highest BCUT2D eigenvalue weighted by Gasteiger charge is 2.35. The first kappa shape index (κ1) is 17.5. The van der Waals surface area contributed by atoms with Crippen molar-refractivity contribution in [3.05, 3.63) is 58.1 Å². The molecule has 1 aliphatic heterocycles. The van der Waals surface area contributed by atoms with Crippen LogP contribution in [0.5, 0.6) is 0 Å². The molecule has 0 aromatic heterocycles. The number of nitrogens with zero attached hydrogens (tertiary/aromatic N) is 1. The number of hydrogen-bond acceptors (Lipinski definition) is 2. The third-order valence-corrected chi connectivity index (χ3v) is 5.00. The number of carbonyl (C=O) groups excluding carboxylic acids is 2. The Kier molecular flexibility index (Phi) is 4.82. The second-order valence-corrected chi connectivity index (χ2v) is 7.06. The van der Waals surface area contributed by atoms with Crippen LogP contribution in [0, 0.1) is 26.7 Å². The van der Waals surface area contributed by atoms with Crippen molar-refractivity contribution in [1.82, 2.24) is 0 Å². The fraction of sp³-hybridized carbons (Fsp3) is 0.300. The Bertz CT molecular complexity index is 848. The van der Waals surface area contributed by atoms with Crippen molar-refractivity contribution >= 4 is 34.8 Å². The summed E-state index contributed by atoms with van der Waals surface area (Å²) in [5.41, 5.74) is 4.62. The first-order valence-corrected chi connectivity index (χ1v) is 8.67. The quantitative estimate of drug-likeness (QED) is 0.893. The van der Waals surface area contributed by atoms with Gasteiger partial charge in [0.25, 0.3) is 0 Å². The minimum atomic E-state index is -0.368. The molecule has 1 unspecified atom stereocenters. The Morgan fingerprint density at radius 2 is 1.84 bits per heavy atom. The highest BCUT2D eigenvalue weighted by atomic mass is 35.5. The lowest BCUT2D eigenvalue weighted by Gasteiger charge is -2.19. The minimum Gasteiger partial charge on any atom is -0.326 e. The van der Waals surface area contributed by atoms with Crippen LogP contribution in [0.15, 0.2) is 36.4 Å². The topological polar surface area (TPSA) is 49.4 Å². The Morgan fingerprint density at radius 3 is 2.56 bits per heavy atom. The molecular formula is C20H21ClN2O2. The van der Waals surface area contributed by atoms with E-state index in [-0.39, 0.29) is 24.2 Å². The lowest BCUT2D eigenvalue weighted by Crippen LogP contribution is -2.28.